The largest absolute Gasteiger partial charge is 0.356 e. The highest BCUT2D eigenvalue weighted by Crippen LogP contribution is 2.36. The molecule has 134 valence electrons. The summed E-state index contributed by atoms with van der Waals surface area (Å²) in [6, 6.07) is 14.9. The van der Waals surface area contributed by atoms with Gasteiger partial charge in [-0.1, -0.05) is 60.4 Å². The number of rotatable bonds is 3. The van der Waals surface area contributed by atoms with E-state index in [9.17, 15) is 9.59 Å². The number of nitrogens with zero attached hydrogens (tertiary/aromatic N) is 2. The highest BCUT2D eigenvalue weighted by Gasteiger charge is 2.35. The van der Waals surface area contributed by atoms with E-state index in [1.807, 2.05) is 41.0 Å². The van der Waals surface area contributed by atoms with Gasteiger partial charge in [-0.25, -0.2) is 0 Å². The highest BCUT2D eigenvalue weighted by molar-refractivity contribution is 8.23. The molecule has 4 rings (SSSR count). The average Bonchev–Trinajstić information content (AvgIpc) is 2.67. The number of hydrogen-bond acceptors (Lipinski definition) is 4. The van der Waals surface area contributed by atoms with Crippen molar-refractivity contribution in [3.8, 4) is 0 Å². The van der Waals surface area contributed by atoms with Gasteiger partial charge in [0.1, 0.15) is 4.32 Å². The Morgan fingerprint density at radius 3 is 2.69 bits per heavy atom. The molecule has 2 atom stereocenters. The second-order valence-electron chi connectivity index (χ2n) is 6.95. The van der Waals surface area contributed by atoms with Crippen LogP contribution in [-0.4, -0.2) is 38.4 Å². The van der Waals surface area contributed by atoms with Gasteiger partial charge in [0.2, 0.25) is 0 Å². The number of carbonyl (C=O) groups excluding carboxylic acids is 1. The number of piperidine rings is 1. The number of hydrogen-bond donors (Lipinski definition) is 0. The van der Waals surface area contributed by atoms with Crippen LogP contribution in [0.2, 0.25) is 0 Å². The fraction of sp³-hybridized carbons (Fsp3) is 0.350. The predicted molar refractivity (Wildman–Crippen MR) is 109 cm³/mol. The Morgan fingerprint density at radius 2 is 1.88 bits per heavy atom. The molecule has 3 heterocycles. The fourth-order valence-corrected chi connectivity index (χ4v) is 5.05. The number of pyridine rings is 1. The van der Waals surface area contributed by atoms with Gasteiger partial charge in [-0.15, -0.1) is 0 Å². The van der Waals surface area contributed by atoms with Crippen molar-refractivity contribution < 1.29 is 4.79 Å². The predicted octanol–water partition coefficient (Wildman–Crippen LogP) is 3.17. The van der Waals surface area contributed by atoms with Crippen molar-refractivity contribution in [1.29, 1.82) is 0 Å². The zero-order chi connectivity index (χ0) is 18.1. The Kier molecular flexibility index (Phi) is 4.96. The van der Waals surface area contributed by atoms with Crippen molar-refractivity contribution in [2.24, 2.45) is 5.92 Å². The summed E-state index contributed by atoms with van der Waals surface area (Å²) in [5.74, 6) is 1.24. The molecular formula is C20H20N2O2S2. The number of Topliss-reactive ketones (excluding diaryl/α,β-unsaturated/α-hetero) is 1. The molecule has 1 aromatic heterocycles. The summed E-state index contributed by atoms with van der Waals surface area (Å²) in [6.07, 6.45) is 1.11. The Bertz CT molecular complexity index is 894. The molecule has 0 radical (unpaired) electrons. The molecule has 2 aromatic rings. The molecule has 0 spiro atoms. The monoisotopic (exact) mass is 384 g/mol. The molecule has 1 fully saturated rings. The quantitative estimate of drug-likeness (QED) is 0.601. The van der Waals surface area contributed by atoms with Crippen LogP contribution in [0.4, 0.5) is 0 Å². The van der Waals surface area contributed by atoms with E-state index in [4.69, 9.17) is 12.2 Å². The molecule has 0 N–H and O–H groups in total. The van der Waals surface area contributed by atoms with Crippen molar-refractivity contribution in [1.82, 2.24) is 9.47 Å². The van der Waals surface area contributed by atoms with E-state index in [1.165, 1.54) is 11.8 Å². The van der Waals surface area contributed by atoms with Crippen LogP contribution in [0.3, 0.4) is 0 Å². The van der Waals surface area contributed by atoms with Crippen molar-refractivity contribution in [3.05, 3.63) is 70.1 Å². The molecule has 1 aromatic carbocycles. The van der Waals surface area contributed by atoms with Crippen LogP contribution in [-0.2, 0) is 6.54 Å². The molecule has 2 aliphatic rings. The average molecular weight is 385 g/mol. The van der Waals surface area contributed by atoms with Crippen molar-refractivity contribution in [2.45, 2.75) is 18.9 Å². The smallest absolute Gasteiger partial charge is 0.250 e. The summed E-state index contributed by atoms with van der Waals surface area (Å²) in [5, 5.41) is 0. The van der Waals surface area contributed by atoms with Crippen LogP contribution in [0.25, 0.3) is 0 Å². The molecule has 0 aliphatic carbocycles. The van der Waals surface area contributed by atoms with Gasteiger partial charge in [0.25, 0.3) is 5.56 Å². The van der Waals surface area contributed by atoms with Gasteiger partial charge in [-0.05, 0) is 18.4 Å². The lowest BCUT2D eigenvalue weighted by molar-refractivity contribution is 0.102. The molecule has 26 heavy (non-hydrogen) atoms. The Morgan fingerprint density at radius 1 is 1.08 bits per heavy atom. The number of ketones is 1. The van der Waals surface area contributed by atoms with Gasteiger partial charge in [-0.2, -0.15) is 0 Å². The summed E-state index contributed by atoms with van der Waals surface area (Å²) in [7, 11) is 0. The zero-order valence-corrected chi connectivity index (χ0v) is 16.0. The maximum atomic E-state index is 12.3. The molecule has 1 saturated heterocycles. The molecule has 0 amide bonds. The molecular weight excluding hydrogens is 364 g/mol. The lowest BCUT2D eigenvalue weighted by Crippen LogP contribution is -2.48. The normalized spacial score (nSPS) is 21.2. The van der Waals surface area contributed by atoms with Gasteiger partial charge < -0.3 is 9.47 Å². The van der Waals surface area contributed by atoms with Crippen molar-refractivity contribution in [3.63, 3.8) is 0 Å². The van der Waals surface area contributed by atoms with E-state index in [-0.39, 0.29) is 11.3 Å². The van der Waals surface area contributed by atoms with Crippen molar-refractivity contribution >= 4 is 34.1 Å². The molecule has 2 bridgehead atoms. The zero-order valence-electron chi connectivity index (χ0n) is 14.3. The first-order chi connectivity index (χ1) is 12.6. The van der Waals surface area contributed by atoms with E-state index >= 15 is 0 Å². The third-order valence-electron chi connectivity index (χ3n) is 5.16. The minimum atomic E-state index is 0.0936. The van der Waals surface area contributed by atoms with Gasteiger partial charge in [0.15, 0.2) is 5.78 Å². The second-order valence-corrected chi connectivity index (χ2v) is 8.56. The minimum Gasteiger partial charge on any atom is -0.356 e. The molecule has 2 aliphatic heterocycles. The summed E-state index contributed by atoms with van der Waals surface area (Å²) in [4.78, 5) is 26.6. The number of thioether (sulfide) groups is 1. The third kappa shape index (κ3) is 3.48. The lowest BCUT2D eigenvalue weighted by atomic mass is 9.83. The summed E-state index contributed by atoms with van der Waals surface area (Å²) in [5.41, 5.74) is 1.94. The van der Waals surface area contributed by atoms with Crippen LogP contribution >= 0.6 is 24.0 Å². The maximum Gasteiger partial charge on any atom is 0.250 e. The van der Waals surface area contributed by atoms with Gasteiger partial charge >= 0.3 is 0 Å². The standard InChI is InChI=1S/C20H20N2O2S2/c23-18(15-5-2-1-3-6-15)13-26-20(25)21-10-14-9-16(12-21)17-7-4-8-19(24)22(17)11-14/h1-8,14,16H,9-13H2/t14-,16-/m1/s1. The van der Waals surface area contributed by atoms with E-state index < -0.39 is 0 Å². The van der Waals surface area contributed by atoms with Crippen LogP contribution < -0.4 is 5.56 Å². The first-order valence-corrected chi connectivity index (χ1v) is 10.2. The fourth-order valence-electron chi connectivity index (χ4n) is 3.97. The molecule has 4 nitrogen and oxygen atoms in total. The highest BCUT2D eigenvalue weighted by atomic mass is 32.2. The summed E-state index contributed by atoms with van der Waals surface area (Å²) in [6.45, 7) is 2.45. The number of likely N-dealkylation sites (tertiary alicyclic amines) is 1. The lowest BCUT2D eigenvalue weighted by Gasteiger charge is -2.43. The Hall–Kier alpha value is -1.92. The van der Waals surface area contributed by atoms with Crippen LogP contribution in [0.5, 0.6) is 0 Å². The molecule has 0 unspecified atom stereocenters. The Labute approximate surface area is 162 Å². The Balaban J connectivity index is 1.41. The second kappa shape index (κ2) is 7.37. The van der Waals surface area contributed by atoms with Crippen LogP contribution in [0.1, 0.15) is 28.4 Å². The van der Waals surface area contributed by atoms with Crippen molar-refractivity contribution in [2.75, 3.05) is 18.8 Å². The third-order valence-corrected chi connectivity index (χ3v) is 6.68. The van der Waals surface area contributed by atoms with E-state index in [0.717, 1.165) is 41.6 Å². The SMILES string of the molecule is O=C(CSC(=S)N1C[C@H]2C[C@H](C1)c1cccc(=O)n1C2)c1ccccc1. The van der Waals surface area contributed by atoms with Gasteiger partial charge in [0.05, 0.1) is 5.75 Å². The van der Waals surface area contributed by atoms with Crippen LogP contribution in [0.15, 0.2) is 53.3 Å². The number of carbonyl (C=O) groups is 1. The molecule has 6 heteroatoms. The minimum absolute atomic E-state index is 0.0936. The van der Waals surface area contributed by atoms with E-state index in [1.54, 1.807) is 6.07 Å². The van der Waals surface area contributed by atoms with Gasteiger partial charge in [0, 0.05) is 42.9 Å². The van der Waals surface area contributed by atoms with E-state index in [2.05, 4.69) is 11.0 Å². The number of thiocarbonyl (C=S) groups is 1. The summed E-state index contributed by atoms with van der Waals surface area (Å²) < 4.78 is 2.71. The number of aromatic nitrogens is 1. The first kappa shape index (κ1) is 17.5. The van der Waals surface area contributed by atoms with Gasteiger partial charge in [-0.3, -0.25) is 9.59 Å². The number of fused-ring (bicyclic) bond motifs is 4. The topological polar surface area (TPSA) is 42.3 Å². The maximum absolute atomic E-state index is 12.3. The molecule has 0 saturated carbocycles. The van der Waals surface area contributed by atoms with E-state index in [0.29, 0.717) is 17.6 Å². The van der Waals surface area contributed by atoms with Crippen LogP contribution in [0, 0.1) is 5.92 Å². The summed E-state index contributed by atoms with van der Waals surface area (Å²) >= 11 is 7.06. The first-order valence-electron chi connectivity index (χ1n) is 8.81. The number of benzene rings is 1.